The molecule has 0 saturated heterocycles. The number of halogens is 1. The van der Waals surface area contributed by atoms with Crippen LogP contribution in [0.2, 0.25) is 5.02 Å². The average molecular weight is 353 g/mol. The number of carbonyl (C=O) groups excluding carboxylic acids is 3. The van der Waals surface area contributed by atoms with E-state index in [4.69, 9.17) is 22.1 Å². The lowest BCUT2D eigenvalue weighted by atomic mass is 10.2. The quantitative estimate of drug-likeness (QED) is 0.826. The molecule has 1 aromatic heterocycles. The van der Waals surface area contributed by atoms with Crippen LogP contribution in [0.5, 0.6) is 0 Å². The number of hydrogen-bond donors (Lipinski definition) is 2. The van der Waals surface area contributed by atoms with Gasteiger partial charge in [0.15, 0.2) is 6.10 Å². The molecule has 8 heteroatoms. The molecule has 0 fully saturated rings. The highest BCUT2D eigenvalue weighted by atomic mass is 35.5. The van der Waals surface area contributed by atoms with E-state index >= 15 is 0 Å². The van der Waals surface area contributed by atoms with E-state index in [-0.39, 0.29) is 0 Å². The molecule has 0 aliphatic carbocycles. The Morgan fingerprint density at radius 1 is 1.17 bits per heavy atom. The molecule has 23 heavy (non-hydrogen) atoms. The molecule has 0 spiro atoms. The van der Waals surface area contributed by atoms with Crippen molar-refractivity contribution in [3.8, 4) is 10.4 Å². The van der Waals surface area contributed by atoms with Gasteiger partial charge < -0.3 is 10.5 Å². The Hall–Kier alpha value is -2.38. The fraction of sp³-hybridized carbons (Fsp3) is 0.133. The second-order valence-corrected chi connectivity index (χ2v) is 6.09. The molecule has 0 aliphatic heterocycles. The van der Waals surface area contributed by atoms with E-state index in [2.05, 4.69) is 0 Å². The third-order valence-corrected chi connectivity index (χ3v) is 4.20. The zero-order valence-corrected chi connectivity index (χ0v) is 13.6. The van der Waals surface area contributed by atoms with Gasteiger partial charge in [0.2, 0.25) is 0 Å². The molecule has 2 aromatic rings. The Balaban J connectivity index is 2.05. The van der Waals surface area contributed by atoms with Gasteiger partial charge >= 0.3 is 12.0 Å². The van der Waals surface area contributed by atoms with Crippen LogP contribution in [0.4, 0.5) is 4.79 Å². The van der Waals surface area contributed by atoms with Gasteiger partial charge in [0.05, 0.1) is 0 Å². The summed E-state index contributed by atoms with van der Waals surface area (Å²) in [5.74, 6) is -1.43. The van der Waals surface area contributed by atoms with E-state index in [1.165, 1.54) is 18.3 Å². The molecule has 120 valence electrons. The van der Waals surface area contributed by atoms with Gasteiger partial charge in [0, 0.05) is 9.90 Å². The number of nitrogens with two attached hydrogens (primary N) is 1. The summed E-state index contributed by atoms with van der Waals surface area (Å²) in [5.41, 5.74) is 5.75. The zero-order valence-electron chi connectivity index (χ0n) is 12.0. The van der Waals surface area contributed by atoms with Crippen molar-refractivity contribution in [1.82, 2.24) is 5.32 Å². The smallest absolute Gasteiger partial charge is 0.349 e. The number of carbonyl (C=O) groups is 3. The number of benzene rings is 1. The Kier molecular flexibility index (Phi) is 5.36. The topological polar surface area (TPSA) is 98.5 Å². The van der Waals surface area contributed by atoms with Crippen molar-refractivity contribution in [3.63, 3.8) is 0 Å². The summed E-state index contributed by atoms with van der Waals surface area (Å²) in [4.78, 5) is 35.3. The number of primary amides is 1. The molecule has 0 unspecified atom stereocenters. The number of nitrogens with one attached hydrogen (secondary N) is 1. The van der Waals surface area contributed by atoms with E-state index in [1.807, 2.05) is 17.4 Å². The molecule has 1 aromatic carbocycles. The van der Waals surface area contributed by atoms with E-state index < -0.39 is 24.0 Å². The van der Waals surface area contributed by atoms with Crippen LogP contribution >= 0.6 is 22.9 Å². The van der Waals surface area contributed by atoms with E-state index in [9.17, 15) is 14.4 Å². The maximum atomic E-state index is 12.0. The van der Waals surface area contributed by atoms with Crippen LogP contribution in [-0.4, -0.2) is 24.0 Å². The normalized spacial score (nSPS) is 11.6. The number of hydrogen-bond acceptors (Lipinski definition) is 5. The summed E-state index contributed by atoms with van der Waals surface area (Å²) in [6.45, 7) is 1.35. The predicted molar refractivity (Wildman–Crippen MR) is 87.4 cm³/mol. The largest absolute Gasteiger partial charge is 0.448 e. The SMILES string of the molecule is C[C@H](OC(=O)c1ccc(-c2ccc(Cl)cc2)s1)C(=O)NC(N)=O. The minimum absolute atomic E-state index is 0.341. The summed E-state index contributed by atoms with van der Waals surface area (Å²) >= 11 is 7.06. The molecule has 3 amide bonds. The first kappa shape index (κ1) is 17.0. The Morgan fingerprint density at radius 3 is 2.43 bits per heavy atom. The van der Waals surface area contributed by atoms with Gasteiger partial charge in [-0.1, -0.05) is 23.7 Å². The van der Waals surface area contributed by atoms with Gasteiger partial charge in [-0.25, -0.2) is 9.59 Å². The Bertz CT molecular complexity index is 742. The average Bonchev–Trinajstić information content (AvgIpc) is 2.97. The fourth-order valence-corrected chi connectivity index (χ4v) is 2.73. The molecular formula is C15H13ClN2O4S. The van der Waals surface area contributed by atoms with E-state index in [1.54, 1.807) is 24.3 Å². The first-order valence-electron chi connectivity index (χ1n) is 6.54. The van der Waals surface area contributed by atoms with Gasteiger partial charge in [0.1, 0.15) is 4.88 Å². The number of thiophene rings is 1. The molecule has 0 radical (unpaired) electrons. The van der Waals surface area contributed by atoms with Crippen molar-refractivity contribution in [1.29, 1.82) is 0 Å². The number of ether oxygens (including phenoxy) is 1. The summed E-state index contributed by atoms with van der Waals surface area (Å²) in [7, 11) is 0. The van der Waals surface area contributed by atoms with Crippen molar-refractivity contribution in [2.45, 2.75) is 13.0 Å². The predicted octanol–water partition coefficient (Wildman–Crippen LogP) is 2.81. The van der Waals surface area contributed by atoms with Crippen molar-refractivity contribution in [2.75, 3.05) is 0 Å². The van der Waals surface area contributed by atoms with Crippen molar-refractivity contribution in [2.24, 2.45) is 5.73 Å². The molecule has 0 saturated carbocycles. The number of rotatable bonds is 4. The summed E-state index contributed by atoms with van der Waals surface area (Å²) in [6, 6.07) is 9.57. The second kappa shape index (κ2) is 7.26. The Labute approximate surface area is 141 Å². The highest BCUT2D eigenvalue weighted by Crippen LogP contribution is 2.29. The van der Waals surface area contributed by atoms with E-state index in [0.29, 0.717) is 9.90 Å². The van der Waals surface area contributed by atoms with Gasteiger partial charge in [-0.3, -0.25) is 10.1 Å². The van der Waals surface area contributed by atoms with Gasteiger partial charge in [-0.15, -0.1) is 11.3 Å². The lowest BCUT2D eigenvalue weighted by Crippen LogP contribution is -2.42. The van der Waals surface area contributed by atoms with Gasteiger partial charge in [-0.2, -0.15) is 0 Å². The van der Waals surface area contributed by atoms with Crippen LogP contribution in [-0.2, 0) is 9.53 Å². The van der Waals surface area contributed by atoms with Gasteiger partial charge in [0.25, 0.3) is 5.91 Å². The fourth-order valence-electron chi connectivity index (χ4n) is 1.71. The van der Waals surface area contributed by atoms with Crippen LogP contribution in [0.3, 0.4) is 0 Å². The van der Waals surface area contributed by atoms with Crippen LogP contribution in [0, 0.1) is 0 Å². The second-order valence-electron chi connectivity index (χ2n) is 4.57. The number of urea groups is 1. The maximum Gasteiger partial charge on any atom is 0.349 e. The third-order valence-electron chi connectivity index (χ3n) is 2.84. The van der Waals surface area contributed by atoms with Crippen LogP contribution in [0.15, 0.2) is 36.4 Å². The molecule has 3 N–H and O–H groups in total. The maximum absolute atomic E-state index is 12.0. The summed E-state index contributed by atoms with van der Waals surface area (Å²) in [6.07, 6.45) is -1.13. The molecule has 2 rings (SSSR count). The highest BCUT2D eigenvalue weighted by molar-refractivity contribution is 7.17. The van der Waals surface area contributed by atoms with Crippen molar-refractivity contribution in [3.05, 3.63) is 46.3 Å². The number of amides is 3. The number of imide groups is 1. The van der Waals surface area contributed by atoms with Crippen molar-refractivity contribution >= 4 is 40.8 Å². The molecule has 1 atom stereocenters. The van der Waals surface area contributed by atoms with E-state index in [0.717, 1.165) is 10.4 Å². The molecule has 1 heterocycles. The lowest BCUT2D eigenvalue weighted by molar-refractivity contribution is -0.127. The van der Waals surface area contributed by atoms with Gasteiger partial charge in [-0.05, 0) is 36.8 Å². The molecule has 0 bridgehead atoms. The molecule has 0 aliphatic rings. The minimum atomic E-state index is -1.13. The highest BCUT2D eigenvalue weighted by Gasteiger charge is 2.21. The monoisotopic (exact) mass is 352 g/mol. The summed E-state index contributed by atoms with van der Waals surface area (Å²) < 4.78 is 5.00. The number of esters is 1. The van der Waals surface area contributed by atoms with Crippen LogP contribution in [0.1, 0.15) is 16.6 Å². The first-order valence-corrected chi connectivity index (χ1v) is 7.73. The van der Waals surface area contributed by atoms with Crippen LogP contribution in [0.25, 0.3) is 10.4 Å². The first-order chi connectivity index (χ1) is 10.9. The standard InChI is InChI=1S/C15H13ClN2O4S/c1-8(13(19)18-15(17)21)22-14(20)12-7-6-11(23-12)9-2-4-10(16)5-3-9/h2-8H,1H3,(H3,17,18,19,21)/t8-/m0/s1. The lowest BCUT2D eigenvalue weighted by Gasteiger charge is -2.10. The third kappa shape index (κ3) is 4.54. The Morgan fingerprint density at radius 2 is 1.83 bits per heavy atom. The summed E-state index contributed by atoms with van der Waals surface area (Å²) in [5, 5.41) is 2.47. The molecular weight excluding hydrogens is 340 g/mol. The minimum Gasteiger partial charge on any atom is -0.448 e. The zero-order chi connectivity index (χ0) is 17.0. The van der Waals surface area contributed by atoms with Crippen molar-refractivity contribution < 1.29 is 19.1 Å². The molecule has 6 nitrogen and oxygen atoms in total. The van der Waals surface area contributed by atoms with Crippen LogP contribution < -0.4 is 11.1 Å².